The lowest BCUT2D eigenvalue weighted by Gasteiger charge is -2.23. The summed E-state index contributed by atoms with van der Waals surface area (Å²) in [5.41, 5.74) is 10.2. The Morgan fingerprint density at radius 2 is 1.67 bits per heavy atom. The van der Waals surface area contributed by atoms with Gasteiger partial charge in [0.25, 0.3) is 11.8 Å². The van der Waals surface area contributed by atoms with E-state index < -0.39 is 29.7 Å². The molecule has 7 heteroatoms. The zero-order chi connectivity index (χ0) is 13.7. The van der Waals surface area contributed by atoms with Gasteiger partial charge in [0.1, 0.15) is 6.04 Å². The first kappa shape index (κ1) is 13.9. The normalized spacial score (nSPS) is 16.1. The van der Waals surface area contributed by atoms with E-state index >= 15 is 0 Å². The van der Waals surface area contributed by atoms with Crippen LogP contribution >= 0.6 is 0 Å². The summed E-state index contributed by atoms with van der Waals surface area (Å²) >= 11 is 0. The van der Waals surface area contributed by atoms with Gasteiger partial charge in [-0.3, -0.25) is 24.1 Å². The lowest BCUT2D eigenvalue weighted by Crippen LogP contribution is -2.47. The van der Waals surface area contributed by atoms with Crippen molar-refractivity contribution in [2.45, 2.75) is 31.7 Å². The largest absolute Gasteiger partial charge is 0.370 e. The van der Waals surface area contributed by atoms with E-state index in [1.54, 1.807) is 0 Å². The number of carbonyl (C=O) groups is 4. The third kappa shape index (κ3) is 3.41. The van der Waals surface area contributed by atoms with E-state index in [-0.39, 0.29) is 12.8 Å². The molecular weight excluding hydrogens is 238 g/mol. The van der Waals surface area contributed by atoms with E-state index in [9.17, 15) is 19.2 Å². The lowest BCUT2D eigenvalue weighted by atomic mass is 10.1. The number of unbranched alkanes of at least 4 members (excludes halogenated alkanes) is 1. The number of nitrogens with zero attached hydrogens (tertiary/aromatic N) is 1. The molecule has 98 valence electrons. The molecule has 1 unspecified atom stereocenters. The molecule has 0 fully saturated rings. The first-order valence-electron chi connectivity index (χ1n) is 5.56. The molecule has 1 aliphatic heterocycles. The molecule has 0 aromatic heterocycles. The molecule has 1 aliphatic rings. The van der Waals surface area contributed by atoms with Gasteiger partial charge in [-0.15, -0.1) is 0 Å². The Morgan fingerprint density at radius 3 is 2.11 bits per heavy atom. The second kappa shape index (κ2) is 5.95. The van der Waals surface area contributed by atoms with E-state index in [0.717, 1.165) is 17.1 Å². The molecule has 1 heterocycles. The van der Waals surface area contributed by atoms with Crippen LogP contribution in [-0.4, -0.2) is 34.6 Å². The van der Waals surface area contributed by atoms with Crippen molar-refractivity contribution >= 4 is 23.6 Å². The first-order chi connectivity index (χ1) is 8.43. The standard InChI is InChI=1S/C11H15N3O4/c12-8(15)4-2-1-3-7(11(13)18)14-9(16)5-6-10(14)17/h5-7H,1-4H2,(H2,12,15)(H2,13,18). The van der Waals surface area contributed by atoms with Crippen molar-refractivity contribution in [1.82, 2.24) is 4.90 Å². The second-order valence-corrected chi connectivity index (χ2v) is 4.01. The van der Waals surface area contributed by atoms with Crippen LogP contribution in [0.25, 0.3) is 0 Å². The lowest BCUT2D eigenvalue weighted by molar-refractivity contribution is -0.144. The predicted molar refractivity (Wildman–Crippen MR) is 61.6 cm³/mol. The minimum atomic E-state index is -0.965. The average Bonchev–Trinajstić information content (AvgIpc) is 2.59. The number of amides is 4. The first-order valence-corrected chi connectivity index (χ1v) is 5.56. The predicted octanol–water partition coefficient (Wildman–Crippen LogP) is -1.19. The highest BCUT2D eigenvalue weighted by molar-refractivity contribution is 6.15. The number of rotatable bonds is 7. The molecule has 4 amide bonds. The van der Waals surface area contributed by atoms with Crippen LogP contribution in [0.1, 0.15) is 25.7 Å². The van der Waals surface area contributed by atoms with E-state index in [1.807, 2.05) is 0 Å². The maximum Gasteiger partial charge on any atom is 0.254 e. The highest BCUT2D eigenvalue weighted by atomic mass is 16.2. The van der Waals surface area contributed by atoms with Crippen molar-refractivity contribution in [2.24, 2.45) is 11.5 Å². The summed E-state index contributed by atoms with van der Waals surface area (Å²) in [7, 11) is 0. The molecule has 7 nitrogen and oxygen atoms in total. The molecule has 0 radical (unpaired) electrons. The van der Waals surface area contributed by atoms with Gasteiger partial charge in [0, 0.05) is 18.6 Å². The van der Waals surface area contributed by atoms with Gasteiger partial charge in [0.15, 0.2) is 0 Å². The zero-order valence-corrected chi connectivity index (χ0v) is 9.80. The molecule has 1 atom stereocenters. The van der Waals surface area contributed by atoms with E-state index in [4.69, 9.17) is 11.5 Å². The van der Waals surface area contributed by atoms with Crippen molar-refractivity contribution in [3.63, 3.8) is 0 Å². The number of primary amides is 2. The molecule has 18 heavy (non-hydrogen) atoms. The van der Waals surface area contributed by atoms with Gasteiger partial charge in [0.2, 0.25) is 11.8 Å². The molecule has 0 saturated heterocycles. The quantitative estimate of drug-likeness (QED) is 0.437. The molecule has 4 N–H and O–H groups in total. The van der Waals surface area contributed by atoms with Gasteiger partial charge in [-0.25, -0.2) is 0 Å². The van der Waals surface area contributed by atoms with E-state index in [0.29, 0.717) is 12.8 Å². The Balaban J connectivity index is 2.56. The number of nitrogens with two attached hydrogens (primary N) is 2. The third-order valence-electron chi connectivity index (χ3n) is 2.63. The molecule has 1 rings (SSSR count). The summed E-state index contributed by atoms with van der Waals surface area (Å²) in [6.45, 7) is 0. The van der Waals surface area contributed by atoms with Crippen LogP contribution in [0.3, 0.4) is 0 Å². The fraction of sp³-hybridized carbons (Fsp3) is 0.455. The van der Waals surface area contributed by atoms with Crippen LogP contribution < -0.4 is 11.5 Å². The zero-order valence-electron chi connectivity index (χ0n) is 9.80. The molecular formula is C11H15N3O4. The average molecular weight is 253 g/mol. The summed E-state index contributed by atoms with van der Waals surface area (Å²) in [6, 6.07) is -0.965. The third-order valence-corrected chi connectivity index (χ3v) is 2.63. The Kier molecular flexibility index (Phi) is 4.59. The van der Waals surface area contributed by atoms with Crippen LogP contribution in [-0.2, 0) is 19.2 Å². The molecule has 0 saturated carbocycles. The summed E-state index contributed by atoms with van der Waals surface area (Å²) in [6.07, 6.45) is 3.60. The SMILES string of the molecule is NC(=O)CCCCC(C(N)=O)N1C(=O)C=CC1=O. The number of imide groups is 1. The van der Waals surface area contributed by atoms with Crippen LogP contribution in [0.15, 0.2) is 12.2 Å². The molecule has 0 aromatic carbocycles. The Bertz CT molecular complexity index is 399. The second-order valence-electron chi connectivity index (χ2n) is 4.01. The molecule has 0 aromatic rings. The fourth-order valence-corrected chi connectivity index (χ4v) is 1.75. The summed E-state index contributed by atoms with van der Waals surface area (Å²) in [5.74, 6) is -2.25. The smallest absolute Gasteiger partial charge is 0.254 e. The van der Waals surface area contributed by atoms with Gasteiger partial charge < -0.3 is 11.5 Å². The summed E-state index contributed by atoms with van der Waals surface area (Å²) in [4.78, 5) is 45.5. The van der Waals surface area contributed by atoms with Crippen LogP contribution in [0, 0.1) is 0 Å². The van der Waals surface area contributed by atoms with E-state index in [1.165, 1.54) is 0 Å². The van der Waals surface area contributed by atoms with Crippen molar-refractivity contribution < 1.29 is 19.2 Å². The Labute approximate surface area is 104 Å². The van der Waals surface area contributed by atoms with Crippen molar-refractivity contribution in [3.8, 4) is 0 Å². The topological polar surface area (TPSA) is 124 Å². The van der Waals surface area contributed by atoms with Crippen LogP contribution in [0.5, 0.6) is 0 Å². The van der Waals surface area contributed by atoms with Crippen molar-refractivity contribution in [1.29, 1.82) is 0 Å². The number of hydrogen-bond donors (Lipinski definition) is 2. The van der Waals surface area contributed by atoms with Gasteiger partial charge in [-0.1, -0.05) is 6.42 Å². The minimum Gasteiger partial charge on any atom is -0.370 e. The molecule has 0 aliphatic carbocycles. The molecule has 0 spiro atoms. The fourth-order valence-electron chi connectivity index (χ4n) is 1.75. The molecule has 0 bridgehead atoms. The minimum absolute atomic E-state index is 0.200. The number of carbonyl (C=O) groups excluding carboxylic acids is 4. The summed E-state index contributed by atoms with van der Waals surface area (Å²) < 4.78 is 0. The maximum atomic E-state index is 11.4. The van der Waals surface area contributed by atoms with Crippen molar-refractivity contribution in [2.75, 3.05) is 0 Å². The van der Waals surface area contributed by atoms with Gasteiger partial charge >= 0.3 is 0 Å². The van der Waals surface area contributed by atoms with Gasteiger partial charge in [-0.05, 0) is 12.8 Å². The van der Waals surface area contributed by atoms with Crippen molar-refractivity contribution in [3.05, 3.63) is 12.2 Å². The van der Waals surface area contributed by atoms with Crippen LogP contribution in [0.2, 0.25) is 0 Å². The maximum absolute atomic E-state index is 11.4. The monoisotopic (exact) mass is 253 g/mol. The van der Waals surface area contributed by atoms with Crippen LogP contribution in [0.4, 0.5) is 0 Å². The summed E-state index contributed by atoms with van der Waals surface area (Å²) in [5, 5.41) is 0. The highest BCUT2D eigenvalue weighted by Crippen LogP contribution is 2.15. The van der Waals surface area contributed by atoms with E-state index in [2.05, 4.69) is 0 Å². The Morgan fingerprint density at radius 1 is 1.11 bits per heavy atom. The van der Waals surface area contributed by atoms with Gasteiger partial charge in [-0.2, -0.15) is 0 Å². The number of hydrogen-bond acceptors (Lipinski definition) is 4. The Hall–Kier alpha value is -2.18. The van der Waals surface area contributed by atoms with Gasteiger partial charge in [0.05, 0.1) is 0 Å². The highest BCUT2D eigenvalue weighted by Gasteiger charge is 2.34.